The Bertz CT molecular complexity index is 1290. The third kappa shape index (κ3) is 5.83. The summed E-state index contributed by atoms with van der Waals surface area (Å²) in [5, 5.41) is 6.51. The van der Waals surface area contributed by atoms with Crippen molar-refractivity contribution in [3.05, 3.63) is 84.8 Å². The van der Waals surface area contributed by atoms with E-state index in [0.717, 1.165) is 22.4 Å². The van der Waals surface area contributed by atoms with Gasteiger partial charge >= 0.3 is 0 Å². The minimum absolute atomic E-state index is 0.381. The second kappa shape index (κ2) is 10.6. The highest BCUT2D eigenvalue weighted by atomic mass is 32.2. The maximum atomic E-state index is 11.5. The summed E-state index contributed by atoms with van der Waals surface area (Å²) >= 11 is 0. The fourth-order valence-corrected chi connectivity index (χ4v) is 3.63. The standard InChI is InChI=1S/C24H23N6O2S/c1-2-32-20-10-8-18(9-11-20)22-16-28-24(29-19-6-3-7-21(13-19)33(25)31)30-23(22)27-15-17-5-4-12-26-14-17/h3-14,16,25H,2,15H2,1H3,(H2,27,28,29,30)/q-1. The molecule has 2 aromatic carbocycles. The largest absolute Gasteiger partial charge is 0.494 e. The highest BCUT2D eigenvalue weighted by Gasteiger charge is 2.11. The Kier molecular flexibility index (Phi) is 7.11. The topological polar surface area (TPSA) is 113 Å². The lowest BCUT2D eigenvalue weighted by Gasteiger charge is -2.14. The summed E-state index contributed by atoms with van der Waals surface area (Å²) in [6, 6.07) is 18.5. The molecular weight excluding hydrogens is 436 g/mol. The van der Waals surface area contributed by atoms with E-state index < -0.39 is 10.6 Å². The number of hydrogen-bond acceptors (Lipinski definition) is 9. The molecule has 0 radical (unpaired) electrons. The summed E-state index contributed by atoms with van der Waals surface area (Å²) in [6.45, 7) is 3.10. The van der Waals surface area contributed by atoms with Crippen molar-refractivity contribution in [1.82, 2.24) is 15.0 Å². The first-order valence-electron chi connectivity index (χ1n) is 10.4. The van der Waals surface area contributed by atoms with Crippen LogP contribution >= 0.6 is 0 Å². The van der Waals surface area contributed by atoms with Gasteiger partial charge in [0.25, 0.3) is 0 Å². The maximum absolute atomic E-state index is 11.5. The average Bonchev–Trinajstić information content (AvgIpc) is 2.84. The minimum atomic E-state index is -1.82. The van der Waals surface area contributed by atoms with Crippen LogP contribution in [-0.4, -0.2) is 21.6 Å². The Labute approximate surface area is 194 Å². The zero-order valence-electron chi connectivity index (χ0n) is 18.0. The van der Waals surface area contributed by atoms with E-state index in [1.54, 1.807) is 36.8 Å². The highest BCUT2D eigenvalue weighted by Crippen LogP contribution is 2.29. The Morgan fingerprint density at radius 1 is 1.06 bits per heavy atom. The van der Waals surface area contributed by atoms with Crippen LogP contribution < -0.4 is 15.4 Å². The van der Waals surface area contributed by atoms with E-state index in [0.29, 0.717) is 35.5 Å². The van der Waals surface area contributed by atoms with E-state index >= 15 is 0 Å². The third-order valence-electron chi connectivity index (χ3n) is 4.75. The van der Waals surface area contributed by atoms with Crippen LogP contribution in [0.2, 0.25) is 0 Å². The first-order chi connectivity index (χ1) is 16.1. The number of aromatic nitrogens is 3. The zero-order valence-corrected chi connectivity index (χ0v) is 18.8. The molecule has 168 valence electrons. The minimum Gasteiger partial charge on any atom is -0.494 e. The summed E-state index contributed by atoms with van der Waals surface area (Å²) < 4.78 is 24.5. The number of hydrogen-bond donors (Lipinski definition) is 3. The van der Waals surface area contributed by atoms with E-state index in [4.69, 9.17) is 9.52 Å². The van der Waals surface area contributed by atoms with Gasteiger partial charge in [-0.05, 0) is 42.3 Å². The Morgan fingerprint density at radius 2 is 1.91 bits per heavy atom. The average molecular weight is 460 g/mol. The van der Waals surface area contributed by atoms with Crippen LogP contribution in [0.25, 0.3) is 11.1 Å². The molecule has 9 heteroatoms. The first kappa shape index (κ1) is 22.2. The van der Waals surface area contributed by atoms with Gasteiger partial charge < -0.3 is 24.4 Å². The monoisotopic (exact) mass is 459 g/mol. The number of pyridine rings is 1. The first-order valence-corrected chi connectivity index (χ1v) is 11.5. The molecule has 0 saturated heterocycles. The van der Waals surface area contributed by atoms with Gasteiger partial charge in [0.2, 0.25) is 5.95 Å². The smallest absolute Gasteiger partial charge is 0.229 e. The lowest BCUT2D eigenvalue weighted by molar-refractivity contribution is 0.340. The van der Waals surface area contributed by atoms with Crippen molar-refractivity contribution in [1.29, 1.82) is 4.78 Å². The van der Waals surface area contributed by atoms with Gasteiger partial charge in [0, 0.05) is 36.4 Å². The van der Waals surface area contributed by atoms with Crippen LogP contribution in [-0.2, 0) is 21.3 Å². The lowest BCUT2D eigenvalue weighted by Crippen LogP contribution is -2.06. The van der Waals surface area contributed by atoms with Crippen molar-refractivity contribution in [2.24, 2.45) is 0 Å². The molecule has 3 N–H and O–H groups in total. The van der Waals surface area contributed by atoms with Gasteiger partial charge in [-0.1, -0.05) is 41.3 Å². The van der Waals surface area contributed by atoms with Gasteiger partial charge in [0.15, 0.2) is 0 Å². The molecule has 0 aliphatic heterocycles. The maximum Gasteiger partial charge on any atom is 0.229 e. The fraction of sp³-hybridized carbons (Fsp3) is 0.125. The Balaban J connectivity index is 1.64. The summed E-state index contributed by atoms with van der Waals surface area (Å²) in [4.78, 5) is 13.7. The van der Waals surface area contributed by atoms with E-state index in [9.17, 15) is 4.21 Å². The van der Waals surface area contributed by atoms with Gasteiger partial charge in [0.05, 0.1) is 6.61 Å². The second-order valence-corrected chi connectivity index (χ2v) is 8.06. The number of nitrogens with zero attached hydrogens (tertiary/aromatic N) is 3. The number of anilines is 3. The van der Waals surface area contributed by atoms with Gasteiger partial charge in [-0.15, -0.1) is 0 Å². The van der Waals surface area contributed by atoms with Crippen molar-refractivity contribution >= 4 is 28.0 Å². The SMILES string of the molecule is CCOc1ccc(-c2cnc(Nc3cccc([S-](=N)=O)c3)nc2NCc2cccnc2)cc1. The predicted molar refractivity (Wildman–Crippen MR) is 129 cm³/mol. The van der Waals surface area contributed by atoms with E-state index in [1.807, 2.05) is 49.4 Å². The molecule has 0 unspecified atom stereocenters. The van der Waals surface area contributed by atoms with Crippen LogP contribution in [0, 0.1) is 4.78 Å². The van der Waals surface area contributed by atoms with Crippen LogP contribution in [0.4, 0.5) is 17.5 Å². The molecule has 0 amide bonds. The van der Waals surface area contributed by atoms with Crippen molar-refractivity contribution in [3.8, 4) is 16.9 Å². The molecule has 4 aromatic rings. The molecule has 0 atom stereocenters. The van der Waals surface area contributed by atoms with Crippen molar-refractivity contribution in [3.63, 3.8) is 0 Å². The van der Waals surface area contributed by atoms with Crippen LogP contribution in [0.5, 0.6) is 5.75 Å². The van der Waals surface area contributed by atoms with Crippen LogP contribution in [0.3, 0.4) is 0 Å². The van der Waals surface area contributed by atoms with Crippen LogP contribution in [0.15, 0.2) is 84.1 Å². The summed E-state index contributed by atoms with van der Waals surface area (Å²) in [5.74, 6) is 1.84. The fourth-order valence-electron chi connectivity index (χ4n) is 3.19. The van der Waals surface area contributed by atoms with E-state index in [-0.39, 0.29) is 0 Å². The van der Waals surface area contributed by atoms with E-state index in [2.05, 4.69) is 25.6 Å². The summed E-state index contributed by atoms with van der Waals surface area (Å²) in [7, 11) is -1.82. The second-order valence-electron chi connectivity index (χ2n) is 7.05. The van der Waals surface area contributed by atoms with Crippen molar-refractivity contribution in [2.75, 3.05) is 17.2 Å². The molecule has 0 aliphatic rings. The highest BCUT2D eigenvalue weighted by molar-refractivity contribution is 7.73. The van der Waals surface area contributed by atoms with Gasteiger partial charge in [-0.2, -0.15) is 15.6 Å². The molecule has 8 nitrogen and oxygen atoms in total. The number of ether oxygens (including phenoxy) is 1. The number of nitrogens with one attached hydrogen (secondary N) is 3. The summed E-state index contributed by atoms with van der Waals surface area (Å²) in [5.41, 5.74) is 3.47. The normalized spacial score (nSPS) is 10.7. The molecule has 2 heterocycles. The molecule has 0 fully saturated rings. The molecular formula is C24H23N6O2S-. The molecule has 0 saturated carbocycles. The van der Waals surface area contributed by atoms with Crippen molar-refractivity contribution in [2.45, 2.75) is 18.4 Å². The van der Waals surface area contributed by atoms with Gasteiger partial charge in [-0.3, -0.25) is 4.98 Å². The third-order valence-corrected chi connectivity index (χ3v) is 5.43. The zero-order chi connectivity index (χ0) is 23.0. The van der Waals surface area contributed by atoms with Gasteiger partial charge in [0.1, 0.15) is 11.6 Å². The Morgan fingerprint density at radius 3 is 2.64 bits per heavy atom. The molecule has 4 rings (SSSR count). The predicted octanol–water partition coefficient (Wildman–Crippen LogP) is 5.38. The molecule has 2 aromatic heterocycles. The molecule has 0 spiro atoms. The summed E-state index contributed by atoms with van der Waals surface area (Å²) in [6.07, 6.45) is 5.29. The van der Waals surface area contributed by atoms with Crippen LogP contribution in [0.1, 0.15) is 12.5 Å². The number of benzene rings is 2. The lowest BCUT2D eigenvalue weighted by atomic mass is 10.1. The molecule has 0 aliphatic carbocycles. The van der Waals surface area contributed by atoms with Gasteiger partial charge in [-0.25, -0.2) is 4.98 Å². The van der Waals surface area contributed by atoms with Crippen molar-refractivity contribution < 1.29 is 8.95 Å². The molecule has 0 bridgehead atoms. The quantitative estimate of drug-likeness (QED) is 0.288. The molecule has 33 heavy (non-hydrogen) atoms. The Hall–Kier alpha value is -3.98. The number of rotatable bonds is 9. The van der Waals surface area contributed by atoms with E-state index in [1.165, 1.54) is 0 Å².